The van der Waals surface area contributed by atoms with Gasteiger partial charge in [0.2, 0.25) is 5.91 Å². The fourth-order valence-electron chi connectivity index (χ4n) is 5.04. The molecule has 1 aliphatic rings. The van der Waals surface area contributed by atoms with Gasteiger partial charge in [0.05, 0.1) is 28.7 Å². The molecule has 1 N–H and O–H groups in total. The molecule has 0 spiro atoms. The van der Waals surface area contributed by atoms with Gasteiger partial charge >= 0.3 is 6.03 Å². The topological polar surface area (TPSA) is 81.4 Å². The van der Waals surface area contributed by atoms with Crippen molar-refractivity contribution in [2.75, 3.05) is 23.3 Å². The van der Waals surface area contributed by atoms with Crippen LogP contribution in [0.15, 0.2) is 91.1 Å². The normalized spacial score (nSPS) is 13.7. The third kappa shape index (κ3) is 5.27. The van der Waals surface area contributed by atoms with Crippen LogP contribution in [0.3, 0.4) is 0 Å². The number of urea groups is 1. The Labute approximate surface area is 228 Å². The Bertz CT molecular complexity index is 1530. The summed E-state index contributed by atoms with van der Waals surface area (Å²) in [5, 5.41) is 12.1. The molecule has 0 fully saturated rings. The van der Waals surface area contributed by atoms with E-state index >= 15 is 0 Å². The van der Waals surface area contributed by atoms with Gasteiger partial charge < -0.3 is 14.8 Å². The van der Waals surface area contributed by atoms with E-state index in [1.165, 1.54) is 0 Å². The van der Waals surface area contributed by atoms with Crippen molar-refractivity contribution in [3.05, 3.63) is 114 Å². The van der Waals surface area contributed by atoms with Gasteiger partial charge in [0.25, 0.3) is 0 Å². The number of aromatic nitrogens is 1. The summed E-state index contributed by atoms with van der Waals surface area (Å²) in [6.07, 6.45) is 3.67. The van der Waals surface area contributed by atoms with E-state index in [-0.39, 0.29) is 24.5 Å². The second-order valence-electron chi connectivity index (χ2n) is 9.77. The predicted molar refractivity (Wildman–Crippen MR) is 153 cm³/mol. The minimum Gasteiger partial charge on any atom is -0.316 e. The fourth-order valence-corrected chi connectivity index (χ4v) is 5.04. The number of nitrogens with one attached hydrogen (secondary N) is 1. The lowest BCUT2D eigenvalue weighted by molar-refractivity contribution is -0.119. The first-order chi connectivity index (χ1) is 19.0. The van der Waals surface area contributed by atoms with Crippen molar-refractivity contribution >= 4 is 23.3 Å². The average Bonchev–Trinajstić information content (AvgIpc) is 3.45. The molecule has 39 heavy (non-hydrogen) atoms. The Balaban J connectivity index is 1.49. The van der Waals surface area contributed by atoms with Crippen LogP contribution in [0.25, 0.3) is 5.69 Å². The first-order valence-corrected chi connectivity index (χ1v) is 13.2. The molecule has 3 amide bonds. The number of nitrogens with zero attached hydrogens (tertiary/aromatic N) is 4. The third-order valence-corrected chi connectivity index (χ3v) is 7.02. The Morgan fingerprint density at radius 1 is 0.974 bits per heavy atom. The molecular weight excluding hydrogens is 486 g/mol. The quantitative estimate of drug-likeness (QED) is 0.307. The highest BCUT2D eigenvalue weighted by Crippen LogP contribution is 2.42. The van der Waals surface area contributed by atoms with Gasteiger partial charge in [-0.25, -0.2) is 4.79 Å². The largest absolute Gasteiger partial charge is 0.322 e. The molecule has 5 rings (SSSR count). The molecule has 4 aromatic rings. The highest BCUT2D eigenvalue weighted by atomic mass is 16.2. The van der Waals surface area contributed by atoms with E-state index in [0.29, 0.717) is 17.8 Å². The molecule has 0 saturated carbocycles. The summed E-state index contributed by atoms with van der Waals surface area (Å²) in [5.74, 6) is -0.169. The summed E-state index contributed by atoms with van der Waals surface area (Å²) in [4.78, 5) is 31.0. The standard InChI is InChI=1S/C32H31N5O2/c1-3-4-18-35(32(39)34-26-10-7-9-24(20-26)21-33)22-30(38)37-28-12-6-5-11-27(28)36-19-8-13-29(36)31(37)25-16-14-23(2)15-17-25/h5-17,19-20,31H,3-4,18,22H2,1-2H3,(H,34,39). The van der Waals surface area contributed by atoms with E-state index in [4.69, 9.17) is 0 Å². The van der Waals surface area contributed by atoms with Crippen LogP contribution in [0, 0.1) is 18.3 Å². The smallest absolute Gasteiger partial charge is 0.316 e. The SMILES string of the molecule is CCCCN(CC(=O)N1c2ccccc2-n2cccc2C1c1ccc(C)cc1)C(=O)Nc1cccc(C#N)c1. The van der Waals surface area contributed by atoms with Gasteiger partial charge in [-0.2, -0.15) is 5.26 Å². The highest BCUT2D eigenvalue weighted by molar-refractivity contribution is 6.01. The molecule has 7 nitrogen and oxygen atoms in total. The Morgan fingerprint density at radius 3 is 2.49 bits per heavy atom. The van der Waals surface area contributed by atoms with Crippen LogP contribution in [-0.4, -0.2) is 34.5 Å². The number of anilines is 2. The fraction of sp³-hybridized carbons (Fsp3) is 0.219. The van der Waals surface area contributed by atoms with Crippen molar-refractivity contribution in [2.24, 2.45) is 0 Å². The van der Waals surface area contributed by atoms with E-state index < -0.39 is 0 Å². The number of hydrogen-bond acceptors (Lipinski definition) is 3. The number of amides is 3. The number of carbonyl (C=O) groups is 2. The number of carbonyl (C=O) groups excluding carboxylic acids is 2. The first kappa shape index (κ1) is 25.8. The molecule has 0 saturated heterocycles. The lowest BCUT2D eigenvalue weighted by atomic mass is 9.97. The van der Waals surface area contributed by atoms with E-state index in [2.05, 4.69) is 47.1 Å². The third-order valence-electron chi connectivity index (χ3n) is 7.02. The maximum atomic E-state index is 14.2. The summed E-state index contributed by atoms with van der Waals surface area (Å²) in [7, 11) is 0. The lowest BCUT2D eigenvalue weighted by Gasteiger charge is -2.39. The zero-order valence-electron chi connectivity index (χ0n) is 22.2. The number of aryl methyl sites for hydroxylation is 1. The molecule has 0 radical (unpaired) electrons. The summed E-state index contributed by atoms with van der Waals surface area (Å²) >= 11 is 0. The molecule has 0 bridgehead atoms. The number of hydrogen-bond donors (Lipinski definition) is 1. The Kier molecular flexibility index (Phi) is 7.46. The molecule has 1 unspecified atom stereocenters. The Hall–Kier alpha value is -4.83. The van der Waals surface area contributed by atoms with Gasteiger partial charge in [0.1, 0.15) is 12.6 Å². The van der Waals surface area contributed by atoms with Gasteiger partial charge in [-0.15, -0.1) is 0 Å². The second kappa shape index (κ2) is 11.3. The molecule has 1 aliphatic heterocycles. The molecule has 2 heterocycles. The minimum absolute atomic E-state index is 0.0822. The first-order valence-electron chi connectivity index (χ1n) is 13.2. The number of rotatable bonds is 7. The number of unbranched alkanes of at least 4 members (excludes halogenated alkanes) is 1. The summed E-state index contributed by atoms with van der Waals surface area (Å²) in [6, 6.07) is 28.3. The van der Waals surface area contributed by atoms with Crippen LogP contribution in [0.5, 0.6) is 0 Å². The van der Waals surface area contributed by atoms with Crippen molar-refractivity contribution < 1.29 is 9.59 Å². The number of fused-ring (bicyclic) bond motifs is 3. The van der Waals surface area contributed by atoms with Gasteiger partial charge in [-0.3, -0.25) is 9.69 Å². The zero-order chi connectivity index (χ0) is 27.4. The van der Waals surface area contributed by atoms with Crippen LogP contribution in [-0.2, 0) is 4.79 Å². The van der Waals surface area contributed by atoms with Crippen LogP contribution >= 0.6 is 0 Å². The number of benzene rings is 3. The van der Waals surface area contributed by atoms with Crippen molar-refractivity contribution in [3.8, 4) is 11.8 Å². The van der Waals surface area contributed by atoms with Gasteiger partial charge in [0, 0.05) is 18.4 Å². The molecule has 0 aliphatic carbocycles. The predicted octanol–water partition coefficient (Wildman–Crippen LogP) is 6.43. The van der Waals surface area contributed by atoms with Gasteiger partial charge in [-0.1, -0.05) is 61.4 Å². The van der Waals surface area contributed by atoms with Crippen molar-refractivity contribution in [2.45, 2.75) is 32.7 Å². The summed E-state index contributed by atoms with van der Waals surface area (Å²) in [6.45, 7) is 4.45. The van der Waals surface area contributed by atoms with Crippen LogP contribution in [0.2, 0.25) is 0 Å². The highest BCUT2D eigenvalue weighted by Gasteiger charge is 2.36. The van der Waals surface area contributed by atoms with E-state index in [1.807, 2.05) is 54.4 Å². The molecule has 3 aromatic carbocycles. The van der Waals surface area contributed by atoms with Crippen LogP contribution in [0.1, 0.15) is 48.2 Å². The summed E-state index contributed by atoms with van der Waals surface area (Å²) < 4.78 is 2.13. The number of nitriles is 1. The molecular formula is C32H31N5O2. The van der Waals surface area contributed by atoms with Crippen molar-refractivity contribution in [1.29, 1.82) is 5.26 Å². The summed E-state index contributed by atoms with van der Waals surface area (Å²) in [5.41, 5.74) is 5.84. The maximum absolute atomic E-state index is 14.2. The second-order valence-corrected chi connectivity index (χ2v) is 9.77. The van der Waals surface area contributed by atoms with Gasteiger partial charge in [0.15, 0.2) is 0 Å². The minimum atomic E-state index is -0.368. The van der Waals surface area contributed by atoms with Crippen LogP contribution < -0.4 is 10.2 Å². The average molecular weight is 518 g/mol. The monoisotopic (exact) mass is 517 g/mol. The van der Waals surface area contributed by atoms with Crippen molar-refractivity contribution in [3.63, 3.8) is 0 Å². The molecule has 1 atom stereocenters. The van der Waals surface area contributed by atoms with E-state index in [9.17, 15) is 14.9 Å². The van der Waals surface area contributed by atoms with Crippen molar-refractivity contribution in [1.82, 2.24) is 9.47 Å². The lowest BCUT2D eigenvalue weighted by Crippen LogP contribution is -2.48. The zero-order valence-corrected chi connectivity index (χ0v) is 22.2. The van der Waals surface area contributed by atoms with Gasteiger partial charge in [-0.05, 0) is 61.4 Å². The Morgan fingerprint density at radius 2 is 1.74 bits per heavy atom. The van der Waals surface area contributed by atoms with E-state index in [1.54, 1.807) is 29.2 Å². The maximum Gasteiger partial charge on any atom is 0.322 e. The number of para-hydroxylation sites is 2. The molecule has 1 aromatic heterocycles. The molecule has 196 valence electrons. The van der Waals surface area contributed by atoms with E-state index in [0.717, 1.165) is 41.0 Å². The molecule has 7 heteroatoms. The van der Waals surface area contributed by atoms with Crippen LogP contribution in [0.4, 0.5) is 16.2 Å².